The van der Waals surface area contributed by atoms with Gasteiger partial charge in [-0.15, -0.1) is 17.9 Å². The van der Waals surface area contributed by atoms with Crippen LogP contribution in [-0.4, -0.2) is 61.2 Å². The first kappa shape index (κ1) is 23.6. The van der Waals surface area contributed by atoms with Gasteiger partial charge in [-0.05, 0) is 30.9 Å². The molecule has 0 radical (unpaired) electrons. The topological polar surface area (TPSA) is 80.8 Å². The highest BCUT2D eigenvalue weighted by Crippen LogP contribution is 2.52. The first-order valence-corrected chi connectivity index (χ1v) is 12.2. The van der Waals surface area contributed by atoms with Crippen molar-refractivity contribution in [3.63, 3.8) is 0 Å². The molecule has 1 fully saturated rings. The van der Waals surface area contributed by atoms with Gasteiger partial charge in [0, 0.05) is 31.0 Å². The number of carbonyl (C=O) groups is 2. The Morgan fingerprint density at radius 2 is 2.09 bits per heavy atom. The minimum atomic E-state index is -0.279. The van der Waals surface area contributed by atoms with Gasteiger partial charge in [-0.25, -0.2) is 4.98 Å². The van der Waals surface area contributed by atoms with E-state index in [1.807, 2.05) is 29.3 Å². The van der Waals surface area contributed by atoms with Gasteiger partial charge in [0.1, 0.15) is 6.61 Å². The van der Waals surface area contributed by atoms with Gasteiger partial charge >= 0.3 is 0 Å². The summed E-state index contributed by atoms with van der Waals surface area (Å²) in [5.74, 6) is -0.0670. The molecule has 1 aliphatic carbocycles. The predicted octanol–water partition coefficient (Wildman–Crippen LogP) is 2.94. The molecule has 0 saturated carbocycles. The van der Waals surface area contributed by atoms with Gasteiger partial charge < -0.3 is 19.7 Å². The number of carbonyl (C=O) groups excluding carboxylic acids is 2. The highest BCUT2D eigenvalue weighted by molar-refractivity contribution is 7.09. The maximum Gasteiger partial charge on any atom is 0.246 e. The van der Waals surface area contributed by atoms with Crippen LogP contribution in [0, 0.1) is 6.92 Å². The largest absolute Gasteiger partial charge is 0.375 e. The third kappa shape index (κ3) is 4.74. The quantitative estimate of drug-likeness (QED) is 0.602. The van der Waals surface area contributed by atoms with E-state index in [0.29, 0.717) is 26.1 Å². The van der Waals surface area contributed by atoms with E-state index in [2.05, 4.69) is 29.0 Å². The summed E-state index contributed by atoms with van der Waals surface area (Å²) in [4.78, 5) is 31.8. The van der Waals surface area contributed by atoms with E-state index in [9.17, 15) is 9.59 Å². The number of nitrogens with zero attached hydrogens (tertiary/aromatic N) is 2. The van der Waals surface area contributed by atoms with Gasteiger partial charge in [0.15, 0.2) is 0 Å². The minimum Gasteiger partial charge on any atom is -0.375 e. The average molecular weight is 470 g/mol. The van der Waals surface area contributed by atoms with Crippen molar-refractivity contribution in [2.45, 2.75) is 43.7 Å². The van der Waals surface area contributed by atoms with Crippen molar-refractivity contribution >= 4 is 23.2 Å². The number of rotatable bonds is 8. The van der Waals surface area contributed by atoms with Crippen molar-refractivity contribution in [2.24, 2.45) is 0 Å². The Morgan fingerprint density at radius 3 is 2.76 bits per heavy atom. The molecular weight excluding hydrogens is 438 g/mol. The number of ether oxygens (including phenoxy) is 2. The molecule has 176 valence electrons. The summed E-state index contributed by atoms with van der Waals surface area (Å²) in [6.07, 6.45) is 3.36. The summed E-state index contributed by atoms with van der Waals surface area (Å²) < 4.78 is 11.4. The van der Waals surface area contributed by atoms with Crippen molar-refractivity contribution in [1.29, 1.82) is 0 Å². The lowest BCUT2D eigenvalue weighted by Gasteiger charge is -2.44. The Kier molecular flexibility index (Phi) is 7.26. The van der Waals surface area contributed by atoms with Crippen molar-refractivity contribution in [1.82, 2.24) is 15.2 Å². The van der Waals surface area contributed by atoms with Gasteiger partial charge in [0.2, 0.25) is 11.8 Å². The van der Waals surface area contributed by atoms with Crippen LogP contribution in [-0.2, 0) is 30.9 Å². The molecule has 2 aliphatic rings. The van der Waals surface area contributed by atoms with E-state index in [4.69, 9.17) is 9.47 Å². The van der Waals surface area contributed by atoms with E-state index in [1.165, 1.54) is 12.7 Å². The van der Waals surface area contributed by atoms with Crippen LogP contribution in [0.5, 0.6) is 0 Å². The van der Waals surface area contributed by atoms with Crippen LogP contribution in [0.2, 0.25) is 0 Å². The van der Waals surface area contributed by atoms with E-state index >= 15 is 0 Å². The Balaban J connectivity index is 1.56. The second-order valence-electron chi connectivity index (χ2n) is 8.68. The van der Waals surface area contributed by atoms with E-state index < -0.39 is 0 Å². The molecule has 1 N–H and O–H groups in total. The fraction of sp³-hybridized carbons (Fsp3) is 0.480. The number of hydrogen-bond acceptors (Lipinski definition) is 6. The molecule has 0 unspecified atom stereocenters. The fourth-order valence-corrected chi connectivity index (χ4v) is 5.86. The monoisotopic (exact) mass is 469 g/mol. The Morgan fingerprint density at radius 1 is 1.33 bits per heavy atom. The summed E-state index contributed by atoms with van der Waals surface area (Å²) >= 11 is 1.57. The molecule has 2 atom stereocenters. The summed E-state index contributed by atoms with van der Waals surface area (Å²) in [6.45, 7) is 7.43. The molecule has 2 aromatic rings. The second kappa shape index (κ2) is 10.2. The van der Waals surface area contributed by atoms with Crippen LogP contribution in [0.25, 0.3) is 0 Å². The van der Waals surface area contributed by atoms with Crippen LogP contribution < -0.4 is 5.32 Å². The normalized spacial score (nSPS) is 21.1. The van der Waals surface area contributed by atoms with Gasteiger partial charge in [-0.1, -0.05) is 30.3 Å². The van der Waals surface area contributed by atoms with Gasteiger partial charge in [-0.2, -0.15) is 0 Å². The lowest BCUT2D eigenvalue weighted by atomic mass is 9.71. The first-order valence-electron chi connectivity index (χ1n) is 11.3. The zero-order valence-corrected chi connectivity index (χ0v) is 20.0. The minimum absolute atomic E-state index is 0.00177. The molecule has 1 spiro atoms. The molecule has 4 rings (SSSR count). The molecule has 0 bridgehead atoms. The molecule has 1 saturated heterocycles. The molecule has 2 amide bonds. The highest BCUT2D eigenvalue weighted by Gasteiger charge is 2.54. The number of likely N-dealkylation sites (tertiary alicyclic amines) is 1. The fourth-order valence-electron chi connectivity index (χ4n) is 5.25. The number of fused-ring (bicyclic) bond motifs is 2. The molecule has 33 heavy (non-hydrogen) atoms. The maximum absolute atomic E-state index is 12.9. The standard InChI is InChI=1S/C25H31N3O4S/c1-4-13-32-24-23(27-21(29)15-31-3)19-7-5-6-8-20(19)25(24)9-11-28(12-10-25)22(30)14-18-16-33-17(2)26-18/h4-8,16,23-24H,1,9-15H2,2-3H3,(H,27,29)/t23-,24+/m1/s1. The first-order chi connectivity index (χ1) is 16.0. The molecule has 1 aromatic heterocycles. The third-order valence-electron chi connectivity index (χ3n) is 6.67. The van der Waals surface area contributed by atoms with Gasteiger partial charge in [0.25, 0.3) is 0 Å². The van der Waals surface area contributed by atoms with E-state index in [0.717, 1.165) is 29.1 Å². The Hall–Kier alpha value is -2.55. The van der Waals surface area contributed by atoms with Gasteiger partial charge in [-0.3, -0.25) is 9.59 Å². The van der Waals surface area contributed by atoms with Crippen LogP contribution >= 0.6 is 11.3 Å². The van der Waals surface area contributed by atoms with Crippen LogP contribution in [0.1, 0.15) is 40.7 Å². The van der Waals surface area contributed by atoms with Crippen molar-refractivity contribution in [3.8, 4) is 0 Å². The number of methoxy groups -OCH3 is 1. The maximum atomic E-state index is 12.9. The number of aryl methyl sites for hydroxylation is 1. The lowest BCUT2D eigenvalue weighted by molar-refractivity contribution is -0.133. The Bertz CT molecular complexity index is 1010. The van der Waals surface area contributed by atoms with E-state index in [1.54, 1.807) is 17.4 Å². The van der Waals surface area contributed by atoms with Crippen molar-refractivity contribution < 1.29 is 19.1 Å². The number of hydrogen-bond donors (Lipinski definition) is 1. The third-order valence-corrected chi connectivity index (χ3v) is 7.49. The van der Waals surface area contributed by atoms with Crippen LogP contribution in [0.3, 0.4) is 0 Å². The smallest absolute Gasteiger partial charge is 0.246 e. The summed E-state index contributed by atoms with van der Waals surface area (Å²) in [6, 6.07) is 7.95. The molecular formula is C25H31N3O4S. The molecule has 8 heteroatoms. The second-order valence-corrected chi connectivity index (χ2v) is 9.74. The highest BCUT2D eigenvalue weighted by atomic mass is 32.1. The number of benzene rings is 1. The zero-order chi connectivity index (χ0) is 23.4. The molecule has 2 heterocycles. The molecule has 1 aromatic carbocycles. The SMILES string of the molecule is C=CCO[C@H]1[C@H](NC(=O)COC)c2ccccc2C12CCN(C(=O)Cc1csc(C)n1)CC2. The summed E-state index contributed by atoms with van der Waals surface area (Å²) in [5, 5.41) is 6.06. The van der Waals surface area contributed by atoms with Crippen LogP contribution in [0.4, 0.5) is 0 Å². The number of aromatic nitrogens is 1. The van der Waals surface area contributed by atoms with Gasteiger partial charge in [0.05, 0.1) is 35.9 Å². The van der Waals surface area contributed by atoms with Crippen molar-refractivity contribution in [2.75, 3.05) is 33.4 Å². The van der Waals surface area contributed by atoms with E-state index in [-0.39, 0.29) is 36.0 Å². The number of nitrogens with one attached hydrogen (secondary N) is 1. The molecule has 1 aliphatic heterocycles. The summed E-state index contributed by atoms with van der Waals surface area (Å²) in [7, 11) is 1.51. The van der Waals surface area contributed by atoms with Crippen molar-refractivity contribution in [3.05, 3.63) is 64.1 Å². The molecule has 7 nitrogen and oxygen atoms in total. The zero-order valence-electron chi connectivity index (χ0n) is 19.2. The predicted molar refractivity (Wildman–Crippen MR) is 127 cm³/mol. The van der Waals surface area contributed by atoms with Crippen LogP contribution in [0.15, 0.2) is 42.3 Å². The average Bonchev–Trinajstić information content (AvgIpc) is 3.32. The Labute approximate surface area is 198 Å². The number of amides is 2. The number of piperidine rings is 1. The lowest BCUT2D eigenvalue weighted by Crippen LogP contribution is -2.52. The summed E-state index contributed by atoms with van der Waals surface area (Å²) in [5.41, 5.74) is 2.83. The number of thiazole rings is 1.